The van der Waals surface area contributed by atoms with Crippen molar-refractivity contribution < 1.29 is 19.0 Å². The van der Waals surface area contributed by atoms with Crippen LogP contribution < -0.4 is 14.8 Å². The van der Waals surface area contributed by atoms with Crippen LogP contribution in [0.2, 0.25) is 5.02 Å². The average Bonchev–Trinajstić information content (AvgIpc) is 3.41. The number of esters is 1. The molecule has 4 aromatic rings. The SMILES string of the molecule is C=CCOC(=O)C1=C(C)Nc2nc(SCc3ccccc3Cl)nn2C1c1ccc(OCc2ccccc2)c(OCC)c1. The quantitative estimate of drug-likeness (QED) is 0.103. The predicted octanol–water partition coefficient (Wildman–Crippen LogP) is 7.22. The monoisotopic (exact) mass is 602 g/mol. The molecule has 8 nitrogen and oxygen atoms in total. The Hall–Kier alpha value is -4.21. The number of fused-ring (bicyclic) bond motifs is 1. The molecular formula is C32H31ClN4O4S. The maximum Gasteiger partial charge on any atom is 0.338 e. The molecule has 1 unspecified atom stereocenters. The minimum atomic E-state index is -0.622. The number of benzene rings is 3. The predicted molar refractivity (Wildman–Crippen MR) is 165 cm³/mol. The first-order chi connectivity index (χ1) is 20.5. The zero-order chi connectivity index (χ0) is 29.5. The highest BCUT2D eigenvalue weighted by molar-refractivity contribution is 7.98. The summed E-state index contributed by atoms with van der Waals surface area (Å²) < 4.78 is 19.3. The molecule has 10 heteroatoms. The second-order valence-corrected chi connectivity index (χ2v) is 10.8. The van der Waals surface area contributed by atoms with Crippen molar-refractivity contribution in [3.63, 3.8) is 0 Å². The minimum absolute atomic E-state index is 0.0853. The van der Waals surface area contributed by atoms with Crippen LogP contribution in [0.5, 0.6) is 11.5 Å². The number of hydrogen-bond donors (Lipinski definition) is 1. The third-order valence-corrected chi connectivity index (χ3v) is 7.78. The van der Waals surface area contributed by atoms with Gasteiger partial charge in [0.1, 0.15) is 19.3 Å². The van der Waals surface area contributed by atoms with Crippen LogP contribution in [0.1, 0.15) is 36.6 Å². The molecule has 5 rings (SSSR count). The first-order valence-corrected chi connectivity index (χ1v) is 14.9. The smallest absolute Gasteiger partial charge is 0.338 e. The lowest BCUT2D eigenvalue weighted by atomic mass is 9.95. The van der Waals surface area contributed by atoms with E-state index in [1.807, 2.05) is 86.6 Å². The summed E-state index contributed by atoms with van der Waals surface area (Å²) in [5.41, 5.74) is 3.83. The van der Waals surface area contributed by atoms with Gasteiger partial charge in [-0.3, -0.25) is 0 Å². The van der Waals surface area contributed by atoms with Crippen LogP contribution in [-0.4, -0.2) is 33.9 Å². The van der Waals surface area contributed by atoms with Gasteiger partial charge in [0.2, 0.25) is 11.1 Å². The Balaban J connectivity index is 1.50. The topological polar surface area (TPSA) is 87.5 Å². The Kier molecular flexibility index (Phi) is 9.51. The maximum atomic E-state index is 13.3. The molecule has 0 saturated carbocycles. The number of nitrogens with zero attached hydrogens (tertiary/aromatic N) is 3. The largest absolute Gasteiger partial charge is 0.490 e. The minimum Gasteiger partial charge on any atom is -0.490 e. The normalized spacial score (nSPS) is 14.1. The van der Waals surface area contributed by atoms with E-state index in [9.17, 15) is 4.79 Å². The molecule has 1 aromatic heterocycles. The van der Waals surface area contributed by atoms with Crippen LogP contribution in [0.25, 0.3) is 0 Å². The van der Waals surface area contributed by atoms with E-state index in [-0.39, 0.29) is 6.61 Å². The van der Waals surface area contributed by atoms with E-state index in [2.05, 4.69) is 11.9 Å². The molecule has 1 aliphatic heterocycles. The molecule has 0 fully saturated rings. The first kappa shape index (κ1) is 29.3. The summed E-state index contributed by atoms with van der Waals surface area (Å²) in [4.78, 5) is 18.1. The van der Waals surface area contributed by atoms with Crippen LogP contribution in [-0.2, 0) is 21.9 Å². The standard InChI is InChI=1S/C32H31ClN4O4S/c1-4-17-40-30(38)28-21(3)34-31-35-32(42-20-24-13-9-10-14-25(24)33)36-37(31)29(28)23-15-16-26(27(18-23)39-5-2)41-19-22-11-7-6-8-12-22/h4,6-16,18,29H,1,5,17,19-20H2,2-3H3,(H,34,35,36). The van der Waals surface area contributed by atoms with E-state index in [1.165, 1.54) is 17.8 Å². The van der Waals surface area contributed by atoms with Gasteiger partial charge in [-0.05, 0) is 48.7 Å². The molecule has 3 aromatic carbocycles. The molecule has 0 spiro atoms. The Morgan fingerprint density at radius 3 is 2.64 bits per heavy atom. The van der Waals surface area contributed by atoms with E-state index < -0.39 is 12.0 Å². The lowest BCUT2D eigenvalue weighted by molar-refractivity contribution is -0.138. The molecule has 216 valence electrons. The summed E-state index contributed by atoms with van der Waals surface area (Å²) in [7, 11) is 0. The van der Waals surface area contributed by atoms with E-state index in [0.29, 0.717) is 57.9 Å². The van der Waals surface area contributed by atoms with Gasteiger partial charge in [-0.1, -0.05) is 90.6 Å². The third-order valence-electron chi connectivity index (χ3n) is 6.52. The highest BCUT2D eigenvalue weighted by Crippen LogP contribution is 2.40. The van der Waals surface area contributed by atoms with Crippen molar-refractivity contribution >= 4 is 35.3 Å². The van der Waals surface area contributed by atoms with Gasteiger partial charge >= 0.3 is 5.97 Å². The fourth-order valence-electron chi connectivity index (χ4n) is 4.55. The summed E-state index contributed by atoms with van der Waals surface area (Å²) in [5.74, 6) is 1.80. The number of allylic oxidation sites excluding steroid dienone is 1. The van der Waals surface area contributed by atoms with Crippen LogP contribution in [0, 0.1) is 0 Å². The van der Waals surface area contributed by atoms with Crippen molar-refractivity contribution in [3.8, 4) is 11.5 Å². The van der Waals surface area contributed by atoms with Crippen molar-refractivity contribution in [1.82, 2.24) is 14.8 Å². The zero-order valence-electron chi connectivity index (χ0n) is 23.4. The van der Waals surface area contributed by atoms with Crippen LogP contribution >= 0.6 is 23.4 Å². The molecule has 2 heterocycles. The molecule has 0 amide bonds. The fourth-order valence-corrected chi connectivity index (χ4v) is 5.67. The fraction of sp³-hybridized carbons (Fsp3) is 0.219. The number of rotatable bonds is 12. The molecule has 0 radical (unpaired) electrons. The van der Waals surface area contributed by atoms with E-state index in [1.54, 1.807) is 4.68 Å². The van der Waals surface area contributed by atoms with E-state index in [4.69, 9.17) is 35.9 Å². The van der Waals surface area contributed by atoms with Crippen molar-refractivity contribution in [3.05, 3.63) is 118 Å². The molecular weight excluding hydrogens is 572 g/mol. The van der Waals surface area contributed by atoms with Crippen molar-refractivity contribution in [2.24, 2.45) is 0 Å². The second-order valence-electron chi connectivity index (χ2n) is 9.41. The van der Waals surface area contributed by atoms with Crippen LogP contribution in [0.4, 0.5) is 5.95 Å². The lowest BCUT2D eigenvalue weighted by Gasteiger charge is -2.28. The Morgan fingerprint density at radius 2 is 1.88 bits per heavy atom. The molecule has 1 N–H and O–H groups in total. The maximum absolute atomic E-state index is 13.3. The van der Waals surface area contributed by atoms with Crippen LogP contribution in [0.15, 0.2) is 102 Å². The number of halogens is 1. The second kappa shape index (κ2) is 13.6. The molecule has 0 bridgehead atoms. The van der Waals surface area contributed by atoms with Crippen molar-refractivity contribution in [2.45, 2.75) is 37.4 Å². The third kappa shape index (κ3) is 6.64. The van der Waals surface area contributed by atoms with Crippen LogP contribution in [0.3, 0.4) is 0 Å². The van der Waals surface area contributed by atoms with Gasteiger partial charge in [0.15, 0.2) is 11.5 Å². The number of anilines is 1. The van der Waals surface area contributed by atoms with E-state index >= 15 is 0 Å². The molecule has 1 aliphatic rings. The summed E-state index contributed by atoms with van der Waals surface area (Å²) in [6.07, 6.45) is 1.54. The van der Waals surface area contributed by atoms with Gasteiger partial charge in [-0.2, -0.15) is 4.98 Å². The molecule has 0 saturated heterocycles. The van der Waals surface area contributed by atoms with Gasteiger partial charge < -0.3 is 19.5 Å². The van der Waals surface area contributed by atoms with Gasteiger partial charge in [0.05, 0.1) is 12.2 Å². The number of aromatic nitrogens is 3. The van der Waals surface area contributed by atoms with Gasteiger partial charge in [-0.15, -0.1) is 5.10 Å². The Morgan fingerprint density at radius 1 is 1.10 bits per heavy atom. The summed E-state index contributed by atoms with van der Waals surface area (Å²) in [5, 5.41) is 9.27. The van der Waals surface area contributed by atoms with Crippen molar-refractivity contribution in [2.75, 3.05) is 18.5 Å². The number of thioether (sulfide) groups is 1. The van der Waals surface area contributed by atoms with Gasteiger partial charge in [0.25, 0.3) is 0 Å². The number of carbonyl (C=O) groups is 1. The average molecular weight is 603 g/mol. The van der Waals surface area contributed by atoms with Crippen molar-refractivity contribution in [1.29, 1.82) is 0 Å². The first-order valence-electron chi connectivity index (χ1n) is 13.5. The summed E-state index contributed by atoms with van der Waals surface area (Å²) in [6.45, 7) is 8.33. The zero-order valence-corrected chi connectivity index (χ0v) is 25.0. The lowest BCUT2D eigenvalue weighted by Crippen LogP contribution is -2.29. The number of ether oxygens (including phenoxy) is 3. The Labute approximate surface area is 254 Å². The number of nitrogens with one attached hydrogen (secondary N) is 1. The molecule has 0 aliphatic carbocycles. The number of carbonyl (C=O) groups excluding carboxylic acids is 1. The molecule has 1 atom stereocenters. The molecule has 42 heavy (non-hydrogen) atoms. The Bertz CT molecular complexity index is 1610. The highest BCUT2D eigenvalue weighted by Gasteiger charge is 2.36. The highest BCUT2D eigenvalue weighted by atomic mass is 35.5. The van der Waals surface area contributed by atoms with E-state index in [0.717, 1.165) is 16.7 Å². The summed E-state index contributed by atoms with van der Waals surface area (Å²) in [6, 6.07) is 22.6. The van der Waals surface area contributed by atoms with Gasteiger partial charge in [-0.25, -0.2) is 9.48 Å². The van der Waals surface area contributed by atoms with Gasteiger partial charge in [0, 0.05) is 16.5 Å². The number of hydrogen-bond acceptors (Lipinski definition) is 8. The summed E-state index contributed by atoms with van der Waals surface area (Å²) >= 11 is 7.82.